The van der Waals surface area contributed by atoms with Crippen LogP contribution in [0.15, 0.2) is 53.5 Å². The lowest BCUT2D eigenvalue weighted by molar-refractivity contribution is 0.354. The highest BCUT2D eigenvalue weighted by Crippen LogP contribution is 2.27. The second-order valence-electron chi connectivity index (χ2n) is 5.82. The zero-order valence-corrected chi connectivity index (χ0v) is 19.6. The molecular formula is C20H28IN3O3S. The van der Waals surface area contributed by atoms with Gasteiger partial charge in [-0.05, 0) is 23.3 Å². The third kappa shape index (κ3) is 8.05. The minimum Gasteiger partial charge on any atom is -0.493 e. The van der Waals surface area contributed by atoms with Crippen molar-refractivity contribution in [2.45, 2.75) is 12.3 Å². The number of nitrogens with one attached hydrogen (secondary N) is 2. The molecule has 0 aromatic heterocycles. The number of benzene rings is 2. The Bertz CT molecular complexity index is 773. The molecule has 0 saturated heterocycles. The Morgan fingerprint density at radius 2 is 1.71 bits per heavy atom. The molecule has 0 aliphatic rings. The van der Waals surface area contributed by atoms with Gasteiger partial charge in [-0.3, -0.25) is 9.20 Å². The number of aliphatic imine (C=N–C) groups is 1. The molecule has 2 aromatic rings. The molecule has 1 unspecified atom stereocenters. The third-order valence-electron chi connectivity index (χ3n) is 3.92. The summed E-state index contributed by atoms with van der Waals surface area (Å²) in [5, 5.41) is 6.44. The van der Waals surface area contributed by atoms with Crippen molar-refractivity contribution in [3.8, 4) is 11.5 Å². The Labute approximate surface area is 186 Å². The van der Waals surface area contributed by atoms with E-state index in [0.29, 0.717) is 42.1 Å². The van der Waals surface area contributed by atoms with E-state index in [2.05, 4.69) is 15.6 Å². The molecule has 28 heavy (non-hydrogen) atoms. The van der Waals surface area contributed by atoms with Crippen LogP contribution in [0.3, 0.4) is 0 Å². The van der Waals surface area contributed by atoms with Crippen LogP contribution in [0.1, 0.15) is 11.1 Å². The van der Waals surface area contributed by atoms with Crippen molar-refractivity contribution in [2.24, 2.45) is 4.99 Å². The van der Waals surface area contributed by atoms with E-state index >= 15 is 0 Å². The van der Waals surface area contributed by atoms with Crippen LogP contribution in [-0.2, 0) is 23.1 Å². The number of halogens is 1. The molecule has 0 fully saturated rings. The summed E-state index contributed by atoms with van der Waals surface area (Å²) in [4.78, 5) is 4.20. The van der Waals surface area contributed by atoms with Crippen LogP contribution < -0.4 is 20.1 Å². The van der Waals surface area contributed by atoms with E-state index in [1.807, 2.05) is 48.5 Å². The average molecular weight is 517 g/mol. The Kier molecular flexibility index (Phi) is 11.6. The highest BCUT2D eigenvalue weighted by Gasteiger charge is 2.06. The van der Waals surface area contributed by atoms with Crippen LogP contribution in [-0.4, -0.2) is 43.7 Å². The van der Waals surface area contributed by atoms with Crippen molar-refractivity contribution in [3.63, 3.8) is 0 Å². The summed E-state index contributed by atoms with van der Waals surface area (Å²) in [5.74, 6) is 3.19. The lowest BCUT2D eigenvalue weighted by Crippen LogP contribution is -2.38. The van der Waals surface area contributed by atoms with Crippen LogP contribution in [0.25, 0.3) is 0 Å². The minimum atomic E-state index is -0.913. The highest BCUT2D eigenvalue weighted by molar-refractivity contribution is 14.0. The fourth-order valence-electron chi connectivity index (χ4n) is 2.51. The van der Waals surface area contributed by atoms with Gasteiger partial charge in [0, 0.05) is 42.4 Å². The summed E-state index contributed by atoms with van der Waals surface area (Å²) in [6.45, 7) is 1.18. The summed E-state index contributed by atoms with van der Waals surface area (Å²) in [5.41, 5.74) is 2.13. The summed E-state index contributed by atoms with van der Waals surface area (Å²) in [6.07, 6.45) is 0. The first kappa shape index (κ1) is 24.2. The molecular weight excluding hydrogens is 489 g/mol. The van der Waals surface area contributed by atoms with Crippen molar-refractivity contribution in [1.82, 2.24) is 10.6 Å². The van der Waals surface area contributed by atoms with Gasteiger partial charge in [-0.2, -0.15) is 0 Å². The van der Waals surface area contributed by atoms with Crippen LogP contribution in [0, 0.1) is 0 Å². The molecule has 0 bridgehead atoms. The monoisotopic (exact) mass is 517 g/mol. The van der Waals surface area contributed by atoms with E-state index in [1.54, 1.807) is 21.3 Å². The van der Waals surface area contributed by atoms with Gasteiger partial charge in [0.05, 0.1) is 14.2 Å². The van der Waals surface area contributed by atoms with E-state index in [9.17, 15) is 4.21 Å². The van der Waals surface area contributed by atoms with Crippen LogP contribution in [0.2, 0.25) is 0 Å². The average Bonchev–Trinajstić information content (AvgIpc) is 2.71. The summed E-state index contributed by atoms with van der Waals surface area (Å²) < 4.78 is 22.7. The van der Waals surface area contributed by atoms with E-state index < -0.39 is 10.8 Å². The van der Waals surface area contributed by atoms with Gasteiger partial charge < -0.3 is 20.1 Å². The topological polar surface area (TPSA) is 72.0 Å². The molecule has 154 valence electrons. The second-order valence-corrected chi connectivity index (χ2v) is 7.39. The van der Waals surface area contributed by atoms with Crippen LogP contribution >= 0.6 is 24.0 Å². The van der Waals surface area contributed by atoms with Crippen molar-refractivity contribution >= 4 is 40.7 Å². The van der Waals surface area contributed by atoms with Gasteiger partial charge in [0.1, 0.15) is 0 Å². The van der Waals surface area contributed by atoms with E-state index in [0.717, 1.165) is 11.1 Å². The predicted molar refractivity (Wildman–Crippen MR) is 126 cm³/mol. The van der Waals surface area contributed by atoms with Crippen LogP contribution in [0.4, 0.5) is 0 Å². The Hall–Kier alpha value is -1.81. The largest absolute Gasteiger partial charge is 0.493 e. The van der Waals surface area contributed by atoms with E-state index in [4.69, 9.17) is 9.47 Å². The fourth-order valence-corrected chi connectivity index (χ4v) is 3.55. The molecule has 8 heteroatoms. The Morgan fingerprint density at radius 3 is 2.36 bits per heavy atom. The SMILES string of the molecule is CN=C(NCCS(=O)Cc1ccccc1)NCc1ccc(OC)c(OC)c1.I. The molecule has 0 aliphatic heterocycles. The molecule has 2 aromatic carbocycles. The van der Waals surface area contributed by atoms with Gasteiger partial charge in [0.15, 0.2) is 17.5 Å². The van der Waals surface area contributed by atoms with Gasteiger partial charge >= 0.3 is 0 Å². The number of hydrogen-bond acceptors (Lipinski definition) is 4. The molecule has 1 atom stereocenters. The van der Waals surface area contributed by atoms with Gasteiger partial charge in [-0.25, -0.2) is 0 Å². The Balaban J connectivity index is 0.00000392. The first-order valence-electron chi connectivity index (χ1n) is 8.70. The summed E-state index contributed by atoms with van der Waals surface area (Å²) in [6, 6.07) is 15.6. The first-order valence-corrected chi connectivity index (χ1v) is 10.2. The number of rotatable bonds is 9. The van der Waals surface area contributed by atoms with E-state index in [1.165, 1.54) is 0 Å². The number of hydrogen-bond donors (Lipinski definition) is 2. The third-order valence-corrected chi connectivity index (χ3v) is 5.24. The number of nitrogens with zero attached hydrogens (tertiary/aromatic N) is 1. The molecule has 6 nitrogen and oxygen atoms in total. The lowest BCUT2D eigenvalue weighted by atomic mass is 10.2. The molecule has 0 heterocycles. The molecule has 0 spiro atoms. The van der Waals surface area contributed by atoms with Crippen molar-refractivity contribution in [3.05, 3.63) is 59.7 Å². The van der Waals surface area contributed by atoms with Crippen molar-refractivity contribution < 1.29 is 13.7 Å². The maximum atomic E-state index is 12.2. The first-order chi connectivity index (χ1) is 13.2. The highest BCUT2D eigenvalue weighted by atomic mass is 127. The smallest absolute Gasteiger partial charge is 0.191 e. The van der Waals surface area contributed by atoms with Gasteiger partial charge in [0.25, 0.3) is 0 Å². The van der Waals surface area contributed by atoms with Gasteiger partial charge in [-0.1, -0.05) is 36.4 Å². The standard InChI is InChI=1S/C20H27N3O3S.HI/c1-21-20(22-11-12-27(24)15-16-7-5-4-6-8-16)23-14-17-9-10-18(25-2)19(13-17)26-3;/h4-10,13H,11-12,14-15H2,1-3H3,(H2,21,22,23);1H. The maximum Gasteiger partial charge on any atom is 0.191 e. The molecule has 0 aliphatic carbocycles. The fraction of sp³-hybridized carbons (Fsp3) is 0.350. The van der Waals surface area contributed by atoms with Crippen molar-refractivity contribution in [1.29, 1.82) is 0 Å². The molecule has 2 rings (SSSR count). The van der Waals surface area contributed by atoms with Crippen LogP contribution in [0.5, 0.6) is 11.5 Å². The minimum absolute atomic E-state index is 0. The number of methoxy groups -OCH3 is 2. The second kappa shape index (κ2) is 13.4. The maximum absolute atomic E-state index is 12.2. The number of guanidine groups is 1. The zero-order valence-electron chi connectivity index (χ0n) is 16.4. The molecule has 0 saturated carbocycles. The van der Waals surface area contributed by atoms with Crippen molar-refractivity contribution in [2.75, 3.05) is 33.6 Å². The predicted octanol–water partition coefficient (Wildman–Crippen LogP) is 2.94. The molecule has 2 N–H and O–H groups in total. The van der Waals surface area contributed by atoms with Gasteiger partial charge in [-0.15, -0.1) is 24.0 Å². The lowest BCUT2D eigenvalue weighted by Gasteiger charge is -2.13. The zero-order chi connectivity index (χ0) is 19.5. The molecule has 0 amide bonds. The normalized spacial score (nSPS) is 11.9. The number of ether oxygens (including phenoxy) is 2. The summed E-state index contributed by atoms with van der Waals surface area (Å²) in [7, 11) is 4.03. The Morgan fingerprint density at radius 1 is 1.00 bits per heavy atom. The summed E-state index contributed by atoms with van der Waals surface area (Å²) >= 11 is 0. The molecule has 0 radical (unpaired) electrons. The van der Waals surface area contributed by atoms with E-state index in [-0.39, 0.29) is 24.0 Å². The quantitative estimate of drug-likeness (QED) is 0.304. The van der Waals surface area contributed by atoms with Gasteiger partial charge in [0.2, 0.25) is 0 Å².